The number of fused-ring (bicyclic) bond motifs is 1. The molecule has 30 heavy (non-hydrogen) atoms. The third kappa shape index (κ3) is 4.18. The van der Waals surface area contributed by atoms with Gasteiger partial charge in [-0.1, -0.05) is 6.07 Å². The Kier molecular flexibility index (Phi) is 5.25. The Balaban J connectivity index is 1.65. The van der Waals surface area contributed by atoms with Gasteiger partial charge in [0.15, 0.2) is 16.3 Å². The minimum Gasteiger partial charge on any atom is -0.395 e. The summed E-state index contributed by atoms with van der Waals surface area (Å²) in [5.41, 5.74) is 1.43. The minimum atomic E-state index is -3.69. The SMILES string of the molecule is CCN(Cc1cccnc1)C(=O)/N=c1\sc(C)cn1-c1ccc2c(c1)OC(F)(F)O2. The highest BCUT2D eigenvalue weighted by molar-refractivity contribution is 7.09. The second-order valence-corrected chi connectivity index (χ2v) is 7.78. The van der Waals surface area contributed by atoms with E-state index in [0.29, 0.717) is 23.6 Å². The smallest absolute Gasteiger partial charge is 0.395 e. The second kappa shape index (κ2) is 7.86. The molecule has 2 amide bonds. The van der Waals surface area contributed by atoms with E-state index in [0.717, 1.165) is 10.4 Å². The van der Waals surface area contributed by atoms with Gasteiger partial charge in [0.1, 0.15) is 0 Å². The molecule has 156 valence electrons. The second-order valence-electron chi connectivity index (χ2n) is 6.56. The van der Waals surface area contributed by atoms with Gasteiger partial charge < -0.3 is 14.4 Å². The molecule has 0 spiro atoms. The van der Waals surface area contributed by atoms with Crippen molar-refractivity contribution in [2.75, 3.05) is 6.54 Å². The van der Waals surface area contributed by atoms with Crippen molar-refractivity contribution in [1.82, 2.24) is 14.5 Å². The topological polar surface area (TPSA) is 69.0 Å². The number of alkyl halides is 2. The van der Waals surface area contributed by atoms with E-state index in [1.807, 2.05) is 26.0 Å². The molecule has 3 heterocycles. The zero-order valence-electron chi connectivity index (χ0n) is 16.2. The molecule has 2 aromatic heterocycles. The van der Waals surface area contributed by atoms with Crippen LogP contribution in [0.15, 0.2) is 53.9 Å². The Morgan fingerprint density at radius 1 is 1.30 bits per heavy atom. The summed E-state index contributed by atoms with van der Waals surface area (Å²) in [7, 11) is 0. The molecule has 0 saturated heterocycles. The van der Waals surface area contributed by atoms with Crippen LogP contribution < -0.4 is 14.3 Å². The zero-order valence-corrected chi connectivity index (χ0v) is 17.0. The van der Waals surface area contributed by atoms with Crippen molar-refractivity contribution in [2.45, 2.75) is 26.7 Å². The van der Waals surface area contributed by atoms with Crippen LogP contribution in [0, 0.1) is 6.92 Å². The molecule has 3 aromatic rings. The van der Waals surface area contributed by atoms with Crippen LogP contribution in [-0.4, -0.2) is 33.3 Å². The summed E-state index contributed by atoms with van der Waals surface area (Å²) in [6.07, 6.45) is 1.47. The summed E-state index contributed by atoms with van der Waals surface area (Å²) in [5, 5.41) is 0. The summed E-state index contributed by atoms with van der Waals surface area (Å²) < 4.78 is 37.2. The van der Waals surface area contributed by atoms with E-state index in [2.05, 4.69) is 19.5 Å². The molecule has 0 aliphatic carbocycles. The van der Waals surface area contributed by atoms with E-state index in [4.69, 9.17) is 0 Å². The van der Waals surface area contributed by atoms with E-state index in [1.54, 1.807) is 34.1 Å². The average molecular weight is 432 g/mol. The van der Waals surface area contributed by atoms with Crippen molar-refractivity contribution in [3.8, 4) is 17.2 Å². The van der Waals surface area contributed by atoms with Crippen molar-refractivity contribution < 1.29 is 23.0 Å². The number of urea groups is 1. The molecule has 1 aliphatic rings. The van der Waals surface area contributed by atoms with Crippen LogP contribution >= 0.6 is 11.3 Å². The van der Waals surface area contributed by atoms with Crippen LogP contribution in [0.1, 0.15) is 17.4 Å². The zero-order chi connectivity index (χ0) is 21.3. The number of thiazole rings is 1. The van der Waals surface area contributed by atoms with E-state index < -0.39 is 12.3 Å². The van der Waals surface area contributed by atoms with Gasteiger partial charge in [0.05, 0.1) is 5.69 Å². The molecular formula is C20H18F2N4O3S. The normalized spacial score (nSPS) is 14.7. The fourth-order valence-electron chi connectivity index (χ4n) is 2.98. The van der Waals surface area contributed by atoms with Gasteiger partial charge in [-0.3, -0.25) is 9.55 Å². The van der Waals surface area contributed by atoms with E-state index >= 15 is 0 Å². The van der Waals surface area contributed by atoms with Crippen molar-refractivity contribution >= 4 is 17.4 Å². The molecule has 1 aliphatic heterocycles. The number of amides is 2. The first-order valence-corrected chi connectivity index (χ1v) is 9.98. The lowest BCUT2D eigenvalue weighted by Crippen LogP contribution is -2.30. The maximum Gasteiger partial charge on any atom is 0.586 e. The van der Waals surface area contributed by atoms with Crippen molar-refractivity contribution in [1.29, 1.82) is 0 Å². The number of carbonyl (C=O) groups is 1. The minimum absolute atomic E-state index is 0.0421. The maximum atomic E-state index is 13.3. The quantitative estimate of drug-likeness (QED) is 0.622. The fourth-order valence-corrected chi connectivity index (χ4v) is 3.81. The Bertz CT molecular complexity index is 1140. The number of ether oxygens (including phenoxy) is 2. The third-order valence-corrected chi connectivity index (χ3v) is 5.27. The lowest BCUT2D eigenvalue weighted by atomic mass is 10.2. The Morgan fingerprint density at radius 3 is 2.83 bits per heavy atom. The van der Waals surface area contributed by atoms with Crippen LogP contribution in [0.3, 0.4) is 0 Å². The maximum absolute atomic E-state index is 13.3. The number of pyridine rings is 1. The highest BCUT2D eigenvalue weighted by Gasteiger charge is 2.43. The molecule has 0 fully saturated rings. The van der Waals surface area contributed by atoms with Gasteiger partial charge in [0.2, 0.25) is 0 Å². The molecule has 0 saturated carbocycles. The number of aromatic nitrogens is 2. The Morgan fingerprint density at radius 2 is 2.10 bits per heavy atom. The molecule has 0 unspecified atom stereocenters. The lowest BCUT2D eigenvalue weighted by Gasteiger charge is -2.17. The van der Waals surface area contributed by atoms with Gasteiger partial charge in [0, 0.05) is 42.6 Å². The number of aryl methyl sites for hydroxylation is 1. The molecule has 0 N–H and O–H groups in total. The number of rotatable bonds is 4. The number of halogens is 2. The number of nitrogens with zero attached hydrogens (tertiary/aromatic N) is 4. The van der Waals surface area contributed by atoms with Crippen LogP contribution in [0.4, 0.5) is 13.6 Å². The molecule has 7 nitrogen and oxygen atoms in total. The Labute approximate surface area is 174 Å². The van der Waals surface area contributed by atoms with Crippen molar-refractivity contribution in [3.63, 3.8) is 0 Å². The first-order chi connectivity index (χ1) is 14.3. The predicted molar refractivity (Wildman–Crippen MR) is 106 cm³/mol. The summed E-state index contributed by atoms with van der Waals surface area (Å²) >= 11 is 1.32. The molecular weight excluding hydrogens is 414 g/mol. The molecule has 4 rings (SSSR count). The number of carbonyl (C=O) groups excluding carboxylic acids is 1. The molecule has 0 atom stereocenters. The van der Waals surface area contributed by atoms with E-state index in [1.165, 1.54) is 23.5 Å². The molecule has 1 aromatic carbocycles. The van der Waals surface area contributed by atoms with Crippen molar-refractivity contribution in [2.24, 2.45) is 4.99 Å². The van der Waals surface area contributed by atoms with Gasteiger partial charge >= 0.3 is 12.3 Å². The van der Waals surface area contributed by atoms with E-state index in [9.17, 15) is 13.6 Å². The van der Waals surface area contributed by atoms with Crippen LogP contribution in [-0.2, 0) is 6.54 Å². The Hall–Kier alpha value is -3.27. The summed E-state index contributed by atoms with van der Waals surface area (Å²) in [6, 6.07) is 7.73. The van der Waals surface area contributed by atoms with Gasteiger partial charge in [-0.25, -0.2) is 4.79 Å². The van der Waals surface area contributed by atoms with Gasteiger partial charge in [-0.05, 0) is 37.6 Å². The van der Waals surface area contributed by atoms with Crippen LogP contribution in [0.5, 0.6) is 11.5 Å². The first kappa shape index (κ1) is 20.0. The average Bonchev–Trinajstić information content (AvgIpc) is 3.23. The number of hydrogen-bond donors (Lipinski definition) is 0. The third-order valence-electron chi connectivity index (χ3n) is 4.37. The van der Waals surface area contributed by atoms with Gasteiger partial charge in [-0.15, -0.1) is 20.1 Å². The number of benzene rings is 1. The highest BCUT2D eigenvalue weighted by atomic mass is 32.1. The van der Waals surface area contributed by atoms with Gasteiger partial charge in [-0.2, -0.15) is 4.99 Å². The number of hydrogen-bond acceptors (Lipinski definition) is 5. The van der Waals surface area contributed by atoms with Crippen LogP contribution in [0.25, 0.3) is 5.69 Å². The fraction of sp³-hybridized carbons (Fsp3) is 0.250. The largest absolute Gasteiger partial charge is 0.586 e. The van der Waals surface area contributed by atoms with Crippen LogP contribution in [0.2, 0.25) is 0 Å². The lowest BCUT2D eigenvalue weighted by molar-refractivity contribution is -0.286. The molecule has 0 radical (unpaired) electrons. The predicted octanol–water partition coefficient (Wildman–Crippen LogP) is 4.11. The standard InChI is InChI=1S/C20H18F2N4O3S/c1-3-25(12-14-5-4-8-23-10-14)18(27)24-19-26(11-13(2)30-19)15-6-7-16-17(9-15)29-20(21,22)28-16/h4-11H,3,12H2,1-2H3/b24-19-. The summed E-state index contributed by atoms with van der Waals surface area (Å²) in [4.78, 5) is 24.1. The summed E-state index contributed by atoms with van der Waals surface area (Å²) in [5.74, 6) is -0.114. The molecule has 0 bridgehead atoms. The highest BCUT2D eigenvalue weighted by Crippen LogP contribution is 2.41. The monoisotopic (exact) mass is 432 g/mol. The summed E-state index contributed by atoms with van der Waals surface area (Å²) in [6.45, 7) is 4.60. The van der Waals surface area contributed by atoms with E-state index in [-0.39, 0.29) is 11.5 Å². The van der Waals surface area contributed by atoms with Gasteiger partial charge in [0.25, 0.3) is 0 Å². The first-order valence-electron chi connectivity index (χ1n) is 9.16. The van der Waals surface area contributed by atoms with Crippen molar-refractivity contribution in [3.05, 3.63) is 64.2 Å². The molecule has 10 heteroatoms.